The molecule has 150 valence electrons. The van der Waals surface area contributed by atoms with Gasteiger partial charge in [0.25, 0.3) is 0 Å². The quantitative estimate of drug-likeness (QED) is 0.720. The van der Waals surface area contributed by atoms with Crippen molar-refractivity contribution < 1.29 is 18.3 Å². The van der Waals surface area contributed by atoms with Crippen LogP contribution >= 0.6 is 0 Å². The second-order valence-electron chi connectivity index (χ2n) is 6.92. The van der Waals surface area contributed by atoms with Gasteiger partial charge in [0.05, 0.1) is 23.7 Å². The highest BCUT2D eigenvalue weighted by Gasteiger charge is 2.28. The molecule has 0 aliphatic carbocycles. The van der Waals surface area contributed by atoms with E-state index in [1.807, 2.05) is 0 Å². The molecule has 1 aliphatic rings. The number of halogens is 2. The number of benzene rings is 1. The van der Waals surface area contributed by atoms with Crippen LogP contribution in [0.4, 0.5) is 8.78 Å². The Hall–Kier alpha value is -3.32. The van der Waals surface area contributed by atoms with E-state index in [9.17, 15) is 18.8 Å². The van der Waals surface area contributed by atoms with Gasteiger partial charge in [0.15, 0.2) is 17.5 Å². The van der Waals surface area contributed by atoms with Gasteiger partial charge >= 0.3 is 0 Å². The molecule has 1 aromatic carbocycles. The van der Waals surface area contributed by atoms with Crippen molar-refractivity contribution >= 4 is 16.9 Å². The average Bonchev–Trinajstić information content (AvgIpc) is 3.22. The number of nitrogens with two attached hydrogens (primary N) is 1. The van der Waals surface area contributed by atoms with E-state index in [4.69, 9.17) is 10.5 Å². The molecular weight excluding hydrogens is 382 g/mol. The van der Waals surface area contributed by atoms with E-state index in [1.54, 1.807) is 11.6 Å². The van der Waals surface area contributed by atoms with Gasteiger partial charge in [-0.15, -0.1) is 0 Å². The Morgan fingerprint density at radius 3 is 2.76 bits per heavy atom. The summed E-state index contributed by atoms with van der Waals surface area (Å²) in [6.45, 7) is 2.89. The van der Waals surface area contributed by atoms with E-state index in [2.05, 4.69) is 16.2 Å². The van der Waals surface area contributed by atoms with Crippen LogP contribution in [0.5, 0.6) is 0 Å². The highest BCUT2D eigenvalue weighted by Crippen LogP contribution is 2.31. The Balaban J connectivity index is 2.00. The zero-order chi connectivity index (χ0) is 20.7. The van der Waals surface area contributed by atoms with E-state index in [1.165, 1.54) is 10.6 Å². The highest BCUT2D eigenvalue weighted by molar-refractivity contribution is 5.82. The van der Waals surface area contributed by atoms with Crippen LogP contribution in [0.15, 0.2) is 12.1 Å². The molecule has 2 aromatic heterocycles. The lowest BCUT2D eigenvalue weighted by molar-refractivity contribution is -0.117. The molecule has 8 nitrogen and oxygen atoms in total. The summed E-state index contributed by atoms with van der Waals surface area (Å²) in [5.74, 6) is -2.71. The topological polar surface area (TPSA) is 112 Å². The van der Waals surface area contributed by atoms with Gasteiger partial charge in [-0.1, -0.05) is 0 Å². The molecule has 1 fully saturated rings. The van der Waals surface area contributed by atoms with Crippen molar-refractivity contribution in [2.75, 3.05) is 13.2 Å². The predicted octanol–water partition coefficient (Wildman–Crippen LogP) is 2.06. The summed E-state index contributed by atoms with van der Waals surface area (Å²) in [5, 5.41) is 14.3. The van der Waals surface area contributed by atoms with Gasteiger partial charge in [-0.3, -0.25) is 14.0 Å². The summed E-state index contributed by atoms with van der Waals surface area (Å²) >= 11 is 0. The van der Waals surface area contributed by atoms with E-state index in [-0.39, 0.29) is 40.7 Å². The van der Waals surface area contributed by atoms with Crippen molar-refractivity contribution in [3.05, 3.63) is 40.8 Å². The molecule has 3 heterocycles. The maximum absolute atomic E-state index is 14.7. The minimum absolute atomic E-state index is 0.0144. The Kier molecular flexibility index (Phi) is 4.76. The molecule has 0 spiro atoms. The van der Waals surface area contributed by atoms with E-state index < -0.39 is 17.5 Å². The number of primary amides is 1. The van der Waals surface area contributed by atoms with Gasteiger partial charge in [0.2, 0.25) is 5.91 Å². The van der Waals surface area contributed by atoms with Gasteiger partial charge in [0, 0.05) is 13.2 Å². The maximum atomic E-state index is 14.7. The lowest BCUT2D eigenvalue weighted by Gasteiger charge is -2.23. The van der Waals surface area contributed by atoms with E-state index >= 15 is 0 Å². The Labute approximate surface area is 164 Å². The summed E-state index contributed by atoms with van der Waals surface area (Å²) < 4.78 is 37.0. The first kappa shape index (κ1) is 19.0. The molecule has 1 aliphatic heterocycles. The van der Waals surface area contributed by atoms with Crippen LogP contribution in [0.25, 0.3) is 16.9 Å². The summed E-state index contributed by atoms with van der Waals surface area (Å²) in [6, 6.07) is 4.38. The molecule has 0 saturated carbocycles. The number of hydrogen-bond acceptors (Lipinski definition) is 5. The summed E-state index contributed by atoms with van der Waals surface area (Å²) in [6.07, 6.45) is 1.12. The smallest absolute Gasteiger partial charge is 0.225 e. The van der Waals surface area contributed by atoms with Gasteiger partial charge in [-0.25, -0.2) is 13.8 Å². The van der Waals surface area contributed by atoms with Crippen molar-refractivity contribution in [2.24, 2.45) is 5.73 Å². The molecule has 0 atom stereocenters. The number of aromatic nitrogens is 4. The van der Waals surface area contributed by atoms with Crippen molar-refractivity contribution in [3.8, 4) is 11.9 Å². The third-order valence-corrected chi connectivity index (χ3v) is 5.10. The molecule has 0 unspecified atom stereocenters. The predicted molar refractivity (Wildman–Crippen MR) is 98.2 cm³/mol. The fourth-order valence-electron chi connectivity index (χ4n) is 3.73. The summed E-state index contributed by atoms with van der Waals surface area (Å²) in [5.41, 5.74) is 6.07. The first-order valence-corrected chi connectivity index (χ1v) is 9.13. The van der Waals surface area contributed by atoms with Crippen LogP contribution in [0.3, 0.4) is 0 Å². The van der Waals surface area contributed by atoms with Gasteiger partial charge in [0.1, 0.15) is 23.0 Å². The molecule has 10 heteroatoms. The standard InChI is InChI=1S/C19H18F2N6O2/c1-10-12(9-22)19(25-27(10)11-4-6-29-7-5-11)26-16(8-15(23)28)24-14-3-2-13(20)17(21)18(14)26/h2-3,11H,4-8H2,1H3,(H2,23,28). The van der Waals surface area contributed by atoms with Crippen LogP contribution in [0.2, 0.25) is 0 Å². The van der Waals surface area contributed by atoms with Gasteiger partial charge in [-0.05, 0) is 31.9 Å². The van der Waals surface area contributed by atoms with Gasteiger partial charge < -0.3 is 10.5 Å². The number of carbonyl (C=O) groups is 1. The highest BCUT2D eigenvalue weighted by atomic mass is 19.2. The normalized spacial score (nSPS) is 15.0. The number of hydrogen-bond donors (Lipinski definition) is 1. The van der Waals surface area contributed by atoms with E-state index in [0.717, 1.165) is 6.07 Å². The number of nitriles is 1. The second-order valence-corrected chi connectivity index (χ2v) is 6.92. The molecule has 3 aromatic rings. The molecule has 0 radical (unpaired) electrons. The zero-order valence-electron chi connectivity index (χ0n) is 15.7. The first-order valence-electron chi connectivity index (χ1n) is 9.13. The van der Waals surface area contributed by atoms with Crippen LogP contribution in [0, 0.1) is 29.9 Å². The minimum atomic E-state index is -1.13. The van der Waals surface area contributed by atoms with Crippen LogP contribution < -0.4 is 5.73 Å². The number of imidazole rings is 1. The molecular formula is C19H18F2N6O2. The molecule has 29 heavy (non-hydrogen) atoms. The summed E-state index contributed by atoms with van der Waals surface area (Å²) in [4.78, 5) is 15.8. The number of carbonyl (C=O) groups excluding carboxylic acids is 1. The SMILES string of the molecule is Cc1c(C#N)c(-n2c(CC(N)=O)nc3ccc(F)c(F)c32)nn1C1CCOCC1. The minimum Gasteiger partial charge on any atom is -0.381 e. The molecule has 1 saturated heterocycles. The van der Waals surface area contributed by atoms with Crippen LogP contribution in [0.1, 0.15) is 36.0 Å². The van der Waals surface area contributed by atoms with Crippen molar-refractivity contribution in [3.63, 3.8) is 0 Å². The van der Waals surface area contributed by atoms with Gasteiger partial charge in [-0.2, -0.15) is 10.4 Å². The zero-order valence-corrected chi connectivity index (χ0v) is 15.7. The Bertz CT molecular complexity index is 1150. The molecule has 4 rings (SSSR count). The largest absolute Gasteiger partial charge is 0.381 e. The molecule has 1 amide bonds. The lowest BCUT2D eigenvalue weighted by atomic mass is 10.1. The second kappa shape index (κ2) is 7.25. The number of ether oxygens (including phenoxy) is 1. The summed E-state index contributed by atoms with van der Waals surface area (Å²) in [7, 11) is 0. The number of rotatable bonds is 4. The molecule has 2 N–H and O–H groups in total. The van der Waals surface area contributed by atoms with Crippen molar-refractivity contribution in [1.29, 1.82) is 5.26 Å². The number of fused-ring (bicyclic) bond motifs is 1. The third-order valence-electron chi connectivity index (χ3n) is 5.10. The monoisotopic (exact) mass is 400 g/mol. The fraction of sp³-hybridized carbons (Fsp3) is 0.368. The number of nitrogens with zero attached hydrogens (tertiary/aromatic N) is 5. The number of amides is 1. The van der Waals surface area contributed by atoms with Crippen LogP contribution in [-0.2, 0) is 16.0 Å². The van der Waals surface area contributed by atoms with Crippen LogP contribution in [-0.4, -0.2) is 38.5 Å². The van der Waals surface area contributed by atoms with Crippen molar-refractivity contribution in [2.45, 2.75) is 32.2 Å². The lowest BCUT2D eigenvalue weighted by Crippen LogP contribution is -2.21. The average molecular weight is 400 g/mol. The molecule has 0 bridgehead atoms. The Morgan fingerprint density at radius 1 is 1.38 bits per heavy atom. The van der Waals surface area contributed by atoms with E-state index in [0.29, 0.717) is 31.7 Å². The van der Waals surface area contributed by atoms with Crippen molar-refractivity contribution in [1.82, 2.24) is 19.3 Å². The fourth-order valence-corrected chi connectivity index (χ4v) is 3.73. The Morgan fingerprint density at radius 2 is 2.10 bits per heavy atom. The maximum Gasteiger partial charge on any atom is 0.225 e. The first-order chi connectivity index (χ1) is 13.9. The third kappa shape index (κ3) is 3.13.